The Balaban J connectivity index is 2.69. The molecule has 6 heteroatoms. The Morgan fingerprint density at radius 2 is 2.22 bits per heavy atom. The smallest absolute Gasteiger partial charge is 0.340 e. The van der Waals surface area contributed by atoms with Crippen molar-refractivity contribution in [2.75, 3.05) is 12.8 Å². The molecule has 0 spiro atoms. The second kappa shape index (κ2) is 4.58. The molecular weight excluding hydrogens is 239 g/mol. The molecule has 0 amide bonds. The van der Waals surface area contributed by atoms with Gasteiger partial charge in [0.2, 0.25) is 0 Å². The molecule has 0 radical (unpaired) electrons. The third kappa shape index (κ3) is 1.98. The van der Waals surface area contributed by atoms with Gasteiger partial charge >= 0.3 is 5.97 Å². The summed E-state index contributed by atoms with van der Waals surface area (Å²) in [5.74, 6) is -1.36. The third-order valence-electron chi connectivity index (χ3n) is 2.59. The Kier molecular flexibility index (Phi) is 3.12. The van der Waals surface area contributed by atoms with E-state index in [1.165, 1.54) is 13.2 Å². The second-order valence-corrected chi connectivity index (χ2v) is 3.71. The van der Waals surface area contributed by atoms with Gasteiger partial charge in [-0.1, -0.05) is 0 Å². The van der Waals surface area contributed by atoms with Crippen LogP contribution in [-0.2, 0) is 11.3 Å². The lowest BCUT2D eigenvalue weighted by atomic mass is 10.1. The summed E-state index contributed by atoms with van der Waals surface area (Å²) in [6.45, 7) is -0.278. The van der Waals surface area contributed by atoms with Gasteiger partial charge in [0.05, 0.1) is 24.8 Å². The summed E-state index contributed by atoms with van der Waals surface area (Å²) in [7, 11) is 1.17. The van der Waals surface area contributed by atoms with Crippen LogP contribution in [0.4, 0.5) is 10.2 Å². The maximum absolute atomic E-state index is 13.6. The van der Waals surface area contributed by atoms with Crippen LogP contribution in [0.5, 0.6) is 0 Å². The van der Waals surface area contributed by atoms with Gasteiger partial charge < -0.3 is 15.6 Å². The lowest BCUT2D eigenvalue weighted by Gasteiger charge is -2.07. The first-order chi connectivity index (χ1) is 8.56. The van der Waals surface area contributed by atoms with Crippen LogP contribution in [0.3, 0.4) is 0 Å². The summed E-state index contributed by atoms with van der Waals surface area (Å²) >= 11 is 0. The van der Waals surface area contributed by atoms with Crippen molar-refractivity contribution in [3.63, 3.8) is 0 Å². The zero-order valence-corrected chi connectivity index (χ0v) is 9.61. The van der Waals surface area contributed by atoms with E-state index in [0.29, 0.717) is 16.5 Å². The van der Waals surface area contributed by atoms with Crippen molar-refractivity contribution in [2.24, 2.45) is 0 Å². The average Bonchev–Trinajstić information content (AvgIpc) is 2.36. The van der Waals surface area contributed by atoms with E-state index < -0.39 is 11.8 Å². The predicted octanol–water partition coefficient (Wildman–Crippen LogP) is 1.23. The number of fused-ring (bicyclic) bond motifs is 1. The first-order valence-corrected chi connectivity index (χ1v) is 5.14. The highest BCUT2D eigenvalue weighted by Crippen LogP contribution is 2.22. The first-order valence-electron chi connectivity index (χ1n) is 5.14. The van der Waals surface area contributed by atoms with Crippen LogP contribution in [0, 0.1) is 5.82 Å². The number of anilines is 1. The molecule has 0 unspecified atom stereocenters. The summed E-state index contributed by atoms with van der Waals surface area (Å²) in [6.07, 6.45) is 0. The molecule has 1 aromatic heterocycles. The number of nitrogens with two attached hydrogens (primary N) is 1. The molecule has 0 fully saturated rings. The number of benzene rings is 1. The van der Waals surface area contributed by atoms with Crippen molar-refractivity contribution in [3.05, 3.63) is 35.1 Å². The predicted molar refractivity (Wildman–Crippen MR) is 63.4 cm³/mol. The molecule has 0 aliphatic carbocycles. The molecule has 94 valence electrons. The molecule has 18 heavy (non-hydrogen) atoms. The fraction of sp³-hybridized carbons (Fsp3) is 0.167. The number of aliphatic hydroxyl groups is 1. The van der Waals surface area contributed by atoms with Crippen molar-refractivity contribution in [1.29, 1.82) is 0 Å². The summed E-state index contributed by atoms with van der Waals surface area (Å²) in [4.78, 5) is 15.3. The molecule has 0 bridgehead atoms. The maximum Gasteiger partial charge on any atom is 0.340 e. The van der Waals surface area contributed by atoms with E-state index in [1.807, 2.05) is 0 Å². The number of hydrogen-bond acceptors (Lipinski definition) is 5. The number of methoxy groups -OCH3 is 1. The molecule has 2 aromatic rings. The number of halogens is 1. The van der Waals surface area contributed by atoms with Crippen LogP contribution >= 0.6 is 0 Å². The fourth-order valence-corrected chi connectivity index (χ4v) is 1.65. The van der Waals surface area contributed by atoms with Crippen molar-refractivity contribution in [1.82, 2.24) is 4.98 Å². The molecule has 3 N–H and O–H groups in total. The van der Waals surface area contributed by atoms with Crippen LogP contribution in [0.25, 0.3) is 10.9 Å². The number of hydrogen-bond donors (Lipinski definition) is 2. The van der Waals surface area contributed by atoms with E-state index in [0.717, 1.165) is 6.07 Å². The topological polar surface area (TPSA) is 85.4 Å². The van der Waals surface area contributed by atoms with Gasteiger partial charge in [0.25, 0.3) is 0 Å². The Hall–Kier alpha value is -2.21. The zero-order chi connectivity index (χ0) is 13.3. The van der Waals surface area contributed by atoms with Crippen molar-refractivity contribution >= 4 is 22.7 Å². The van der Waals surface area contributed by atoms with E-state index in [9.17, 15) is 9.18 Å². The van der Waals surface area contributed by atoms with Crippen molar-refractivity contribution in [2.45, 2.75) is 6.61 Å². The monoisotopic (exact) mass is 250 g/mol. The molecule has 0 atom stereocenters. The highest BCUT2D eigenvalue weighted by Gasteiger charge is 2.14. The zero-order valence-electron chi connectivity index (χ0n) is 9.61. The van der Waals surface area contributed by atoms with E-state index >= 15 is 0 Å². The number of aliphatic hydroxyl groups excluding tert-OH is 1. The normalized spacial score (nSPS) is 10.6. The molecular formula is C12H11FN2O3. The number of pyridine rings is 1. The molecule has 0 saturated carbocycles. The molecule has 1 heterocycles. The lowest BCUT2D eigenvalue weighted by molar-refractivity contribution is 0.0595. The Bertz CT molecular complexity index is 628. The van der Waals surface area contributed by atoms with Gasteiger partial charge in [-0.2, -0.15) is 0 Å². The standard InChI is InChI=1S/C12H11FN2O3/c1-18-12(17)8-3-6-2-7(5-16)11(14)15-10(6)4-9(8)13/h2-4,16H,5H2,1H3,(H2,14,15). The average molecular weight is 250 g/mol. The van der Waals surface area contributed by atoms with E-state index in [-0.39, 0.29) is 18.0 Å². The summed E-state index contributed by atoms with van der Waals surface area (Å²) in [5.41, 5.74) is 6.14. The fourth-order valence-electron chi connectivity index (χ4n) is 1.65. The number of nitrogen functional groups attached to an aromatic ring is 1. The molecule has 0 aliphatic heterocycles. The van der Waals surface area contributed by atoms with Crippen molar-refractivity contribution < 1.29 is 19.0 Å². The molecule has 2 rings (SSSR count). The van der Waals surface area contributed by atoms with Gasteiger partial charge in [0.1, 0.15) is 11.6 Å². The molecule has 0 aliphatic rings. The van der Waals surface area contributed by atoms with Gasteiger partial charge in [-0.25, -0.2) is 14.2 Å². The molecule has 1 aromatic carbocycles. The Morgan fingerprint density at radius 1 is 1.50 bits per heavy atom. The first kappa shape index (κ1) is 12.3. The van der Waals surface area contributed by atoms with Crippen LogP contribution in [-0.4, -0.2) is 23.2 Å². The summed E-state index contributed by atoms with van der Waals surface area (Å²) in [5, 5.41) is 9.58. The Morgan fingerprint density at radius 3 is 2.83 bits per heavy atom. The van der Waals surface area contributed by atoms with Gasteiger partial charge in [-0.15, -0.1) is 0 Å². The third-order valence-corrected chi connectivity index (χ3v) is 2.59. The summed E-state index contributed by atoms with van der Waals surface area (Å²) < 4.78 is 18.1. The van der Waals surface area contributed by atoms with Crippen LogP contribution in [0.15, 0.2) is 18.2 Å². The number of aromatic nitrogens is 1. The largest absolute Gasteiger partial charge is 0.465 e. The Labute approximate surface area is 102 Å². The van der Waals surface area contributed by atoms with Gasteiger partial charge in [0, 0.05) is 17.0 Å². The van der Waals surface area contributed by atoms with Crippen molar-refractivity contribution in [3.8, 4) is 0 Å². The number of rotatable bonds is 2. The minimum Gasteiger partial charge on any atom is -0.465 e. The molecule has 0 saturated heterocycles. The number of esters is 1. The van der Waals surface area contributed by atoms with E-state index in [4.69, 9.17) is 10.8 Å². The number of nitrogens with zero attached hydrogens (tertiary/aromatic N) is 1. The van der Waals surface area contributed by atoms with Crippen LogP contribution < -0.4 is 5.73 Å². The van der Waals surface area contributed by atoms with Crippen LogP contribution in [0.1, 0.15) is 15.9 Å². The quantitative estimate of drug-likeness (QED) is 0.783. The second-order valence-electron chi connectivity index (χ2n) is 3.71. The minimum atomic E-state index is -0.767. The number of carbonyl (C=O) groups is 1. The van der Waals surface area contributed by atoms with Gasteiger partial charge in [-0.3, -0.25) is 0 Å². The lowest BCUT2D eigenvalue weighted by Crippen LogP contribution is -2.05. The minimum absolute atomic E-state index is 0.134. The van der Waals surface area contributed by atoms with Crippen LogP contribution in [0.2, 0.25) is 0 Å². The van der Waals surface area contributed by atoms with E-state index in [1.54, 1.807) is 6.07 Å². The number of ether oxygens (including phenoxy) is 1. The summed E-state index contributed by atoms with van der Waals surface area (Å²) in [6, 6.07) is 3.99. The van der Waals surface area contributed by atoms with E-state index in [2.05, 4.69) is 9.72 Å². The maximum atomic E-state index is 13.6. The van der Waals surface area contributed by atoms with Gasteiger partial charge in [0.15, 0.2) is 0 Å². The van der Waals surface area contributed by atoms with Gasteiger partial charge in [-0.05, 0) is 12.1 Å². The SMILES string of the molecule is COC(=O)c1cc2cc(CO)c(N)nc2cc1F. The highest BCUT2D eigenvalue weighted by molar-refractivity contribution is 5.95. The number of carbonyl (C=O) groups excluding carboxylic acids is 1. The molecule has 5 nitrogen and oxygen atoms in total. The highest BCUT2D eigenvalue weighted by atomic mass is 19.1.